The number of hydrogen-bond acceptors (Lipinski definition) is 1. The van der Waals surface area contributed by atoms with Gasteiger partial charge in [0.1, 0.15) is 5.82 Å². The van der Waals surface area contributed by atoms with Crippen LogP contribution in [0.25, 0.3) is 0 Å². The molecular formula is C15H15ClFN. The van der Waals surface area contributed by atoms with Crippen LogP contribution in [0, 0.1) is 19.7 Å². The lowest BCUT2D eigenvalue weighted by atomic mass is 10.1. The van der Waals surface area contributed by atoms with Crippen molar-refractivity contribution in [2.75, 3.05) is 5.32 Å². The van der Waals surface area contributed by atoms with E-state index in [4.69, 9.17) is 11.6 Å². The third kappa shape index (κ3) is 3.02. The van der Waals surface area contributed by atoms with E-state index in [1.54, 1.807) is 19.1 Å². The van der Waals surface area contributed by atoms with E-state index in [2.05, 4.69) is 5.32 Å². The van der Waals surface area contributed by atoms with Crippen LogP contribution in [0.3, 0.4) is 0 Å². The molecule has 18 heavy (non-hydrogen) atoms. The first-order chi connectivity index (χ1) is 8.56. The van der Waals surface area contributed by atoms with Crippen LogP contribution in [-0.2, 0) is 6.54 Å². The molecule has 94 valence electrons. The summed E-state index contributed by atoms with van der Waals surface area (Å²) in [5, 5.41) is 3.96. The minimum atomic E-state index is -0.170. The van der Waals surface area contributed by atoms with Crippen molar-refractivity contribution in [3.05, 3.63) is 63.9 Å². The minimum Gasteiger partial charge on any atom is -0.381 e. The molecule has 0 saturated heterocycles. The highest BCUT2D eigenvalue weighted by molar-refractivity contribution is 6.31. The first-order valence-electron chi connectivity index (χ1n) is 5.81. The molecule has 3 heteroatoms. The number of rotatable bonds is 3. The molecular weight excluding hydrogens is 249 g/mol. The Kier molecular flexibility index (Phi) is 3.87. The van der Waals surface area contributed by atoms with Crippen molar-refractivity contribution in [1.29, 1.82) is 0 Å². The molecule has 0 fully saturated rings. The number of anilines is 1. The van der Waals surface area contributed by atoms with Crippen LogP contribution in [0.4, 0.5) is 10.1 Å². The third-order valence-electron chi connectivity index (χ3n) is 2.90. The lowest BCUT2D eigenvalue weighted by Crippen LogP contribution is -2.00. The topological polar surface area (TPSA) is 12.0 Å². The Labute approximate surface area is 112 Å². The smallest absolute Gasteiger partial charge is 0.126 e. The summed E-state index contributed by atoms with van der Waals surface area (Å²) in [4.78, 5) is 0. The molecule has 0 radical (unpaired) electrons. The van der Waals surface area contributed by atoms with E-state index in [0.29, 0.717) is 12.1 Å². The van der Waals surface area contributed by atoms with E-state index >= 15 is 0 Å². The van der Waals surface area contributed by atoms with Gasteiger partial charge in [-0.1, -0.05) is 29.8 Å². The van der Waals surface area contributed by atoms with E-state index in [0.717, 1.165) is 21.8 Å². The van der Waals surface area contributed by atoms with E-state index in [1.165, 1.54) is 0 Å². The van der Waals surface area contributed by atoms with Gasteiger partial charge >= 0.3 is 0 Å². The molecule has 2 aromatic rings. The van der Waals surface area contributed by atoms with E-state index < -0.39 is 0 Å². The Morgan fingerprint density at radius 1 is 1.06 bits per heavy atom. The maximum Gasteiger partial charge on any atom is 0.126 e. The van der Waals surface area contributed by atoms with Crippen molar-refractivity contribution in [2.24, 2.45) is 0 Å². The highest BCUT2D eigenvalue weighted by atomic mass is 35.5. The number of benzene rings is 2. The molecule has 0 unspecified atom stereocenters. The fourth-order valence-corrected chi connectivity index (χ4v) is 1.83. The summed E-state index contributed by atoms with van der Waals surface area (Å²) in [5.74, 6) is -0.170. The molecule has 0 aliphatic carbocycles. The Morgan fingerprint density at radius 2 is 1.78 bits per heavy atom. The molecule has 0 bridgehead atoms. The molecule has 1 N–H and O–H groups in total. The van der Waals surface area contributed by atoms with Crippen LogP contribution in [0.5, 0.6) is 0 Å². The van der Waals surface area contributed by atoms with Crippen LogP contribution in [-0.4, -0.2) is 0 Å². The van der Waals surface area contributed by atoms with Gasteiger partial charge in [0, 0.05) is 17.3 Å². The summed E-state index contributed by atoms with van der Waals surface area (Å²) in [5.41, 5.74) is 3.56. The van der Waals surface area contributed by atoms with Gasteiger partial charge in [0.2, 0.25) is 0 Å². The van der Waals surface area contributed by atoms with Crippen molar-refractivity contribution in [3.8, 4) is 0 Å². The van der Waals surface area contributed by atoms with Gasteiger partial charge in [-0.25, -0.2) is 4.39 Å². The van der Waals surface area contributed by atoms with E-state index in [-0.39, 0.29) is 5.82 Å². The van der Waals surface area contributed by atoms with Crippen molar-refractivity contribution < 1.29 is 4.39 Å². The fourth-order valence-electron chi connectivity index (χ4n) is 1.65. The van der Waals surface area contributed by atoms with Gasteiger partial charge in [-0.15, -0.1) is 0 Å². The Balaban J connectivity index is 2.06. The standard InChI is InChI=1S/C15H15ClFN/c1-10-4-6-13(8-14(10)16)18-9-12-5-3-11(2)15(17)7-12/h3-8,18H,9H2,1-2H3. The molecule has 0 spiro atoms. The second-order valence-corrected chi connectivity index (χ2v) is 4.81. The van der Waals surface area contributed by atoms with Crippen molar-refractivity contribution >= 4 is 17.3 Å². The Hall–Kier alpha value is -1.54. The van der Waals surface area contributed by atoms with Gasteiger partial charge in [-0.2, -0.15) is 0 Å². The molecule has 1 nitrogen and oxygen atoms in total. The predicted molar refractivity (Wildman–Crippen MR) is 74.7 cm³/mol. The van der Waals surface area contributed by atoms with Gasteiger partial charge in [-0.05, 0) is 48.7 Å². The van der Waals surface area contributed by atoms with Gasteiger partial charge in [-0.3, -0.25) is 0 Å². The van der Waals surface area contributed by atoms with Crippen LogP contribution in [0.1, 0.15) is 16.7 Å². The van der Waals surface area contributed by atoms with Crippen LogP contribution in [0.15, 0.2) is 36.4 Å². The molecule has 2 rings (SSSR count). The first-order valence-corrected chi connectivity index (χ1v) is 6.19. The average molecular weight is 264 g/mol. The fraction of sp³-hybridized carbons (Fsp3) is 0.200. The normalized spacial score (nSPS) is 10.4. The highest BCUT2D eigenvalue weighted by Gasteiger charge is 2.01. The summed E-state index contributed by atoms with van der Waals surface area (Å²) in [6.07, 6.45) is 0. The second-order valence-electron chi connectivity index (χ2n) is 4.40. The molecule has 0 heterocycles. The monoisotopic (exact) mass is 263 g/mol. The first kappa shape index (κ1) is 12.9. The highest BCUT2D eigenvalue weighted by Crippen LogP contribution is 2.20. The summed E-state index contributed by atoms with van der Waals surface area (Å²) < 4.78 is 13.4. The zero-order valence-corrected chi connectivity index (χ0v) is 11.2. The molecule has 0 aliphatic heterocycles. The SMILES string of the molecule is Cc1ccc(CNc2ccc(C)c(Cl)c2)cc1F. The van der Waals surface area contributed by atoms with E-state index in [1.807, 2.05) is 31.2 Å². The molecule has 0 aliphatic rings. The molecule has 0 amide bonds. The summed E-state index contributed by atoms with van der Waals surface area (Å²) >= 11 is 6.04. The number of hydrogen-bond donors (Lipinski definition) is 1. The summed E-state index contributed by atoms with van der Waals surface area (Å²) in [6, 6.07) is 11.1. The maximum absolute atomic E-state index is 13.4. The Bertz CT molecular complexity index is 515. The number of nitrogens with one attached hydrogen (secondary N) is 1. The van der Waals surface area contributed by atoms with Gasteiger partial charge < -0.3 is 5.32 Å². The summed E-state index contributed by atoms with van der Waals surface area (Å²) in [7, 11) is 0. The number of aryl methyl sites for hydroxylation is 2. The predicted octanol–water partition coefficient (Wildman–Crippen LogP) is 4.71. The zero-order chi connectivity index (χ0) is 13.1. The van der Waals surface area contributed by atoms with Crippen molar-refractivity contribution in [1.82, 2.24) is 0 Å². The van der Waals surface area contributed by atoms with Crippen LogP contribution < -0.4 is 5.32 Å². The third-order valence-corrected chi connectivity index (χ3v) is 3.31. The minimum absolute atomic E-state index is 0.170. The molecule has 0 saturated carbocycles. The number of halogens is 2. The van der Waals surface area contributed by atoms with E-state index in [9.17, 15) is 4.39 Å². The van der Waals surface area contributed by atoms with Crippen LogP contribution in [0.2, 0.25) is 5.02 Å². The molecule has 2 aromatic carbocycles. The molecule has 0 atom stereocenters. The van der Waals surface area contributed by atoms with Gasteiger partial charge in [0.25, 0.3) is 0 Å². The van der Waals surface area contributed by atoms with Crippen molar-refractivity contribution in [3.63, 3.8) is 0 Å². The lowest BCUT2D eigenvalue weighted by Gasteiger charge is -2.08. The van der Waals surface area contributed by atoms with Gasteiger partial charge in [0.05, 0.1) is 0 Å². The van der Waals surface area contributed by atoms with Crippen molar-refractivity contribution in [2.45, 2.75) is 20.4 Å². The van der Waals surface area contributed by atoms with Gasteiger partial charge in [0.15, 0.2) is 0 Å². The second kappa shape index (κ2) is 5.40. The average Bonchev–Trinajstić information content (AvgIpc) is 2.35. The largest absolute Gasteiger partial charge is 0.381 e. The quantitative estimate of drug-likeness (QED) is 0.846. The molecule has 0 aromatic heterocycles. The zero-order valence-electron chi connectivity index (χ0n) is 10.4. The maximum atomic E-state index is 13.4. The summed E-state index contributed by atoms with van der Waals surface area (Å²) in [6.45, 7) is 4.30. The van der Waals surface area contributed by atoms with Crippen LogP contribution >= 0.6 is 11.6 Å². The Morgan fingerprint density at radius 3 is 2.44 bits per heavy atom. The lowest BCUT2D eigenvalue weighted by molar-refractivity contribution is 0.616.